The largest absolute Gasteiger partial charge is 0.103 e. The lowest BCUT2D eigenvalue weighted by atomic mass is 9.61. The number of hydrogen-bond acceptors (Lipinski definition) is 0. The number of allylic oxidation sites excluding steroid dienone is 5. The summed E-state index contributed by atoms with van der Waals surface area (Å²) in [6, 6.07) is 0. The molecule has 0 radical (unpaired) electrons. The first-order valence-corrected chi connectivity index (χ1v) is 7.90. The second-order valence-corrected chi connectivity index (χ2v) is 7.02. The van der Waals surface area contributed by atoms with Crippen molar-refractivity contribution in [2.75, 3.05) is 0 Å². The van der Waals surface area contributed by atoms with Crippen LogP contribution < -0.4 is 0 Å². The Balaban J connectivity index is 2.73. The third-order valence-electron chi connectivity index (χ3n) is 5.09. The topological polar surface area (TPSA) is 0 Å². The van der Waals surface area contributed by atoms with Gasteiger partial charge in [-0.1, -0.05) is 42.4 Å². The van der Waals surface area contributed by atoms with Gasteiger partial charge in [0.25, 0.3) is 0 Å². The molecule has 0 heterocycles. The Kier molecular flexibility index (Phi) is 6.05. The Morgan fingerprint density at radius 2 is 1.90 bits per heavy atom. The highest BCUT2D eigenvalue weighted by Crippen LogP contribution is 2.48. The predicted molar refractivity (Wildman–Crippen MR) is 91.8 cm³/mol. The number of rotatable bonds is 6. The minimum absolute atomic E-state index is 0.236. The highest BCUT2D eigenvalue weighted by molar-refractivity contribution is 5.16. The molecule has 0 aromatic rings. The fraction of sp³-hybridized carbons (Fsp3) is 0.600. The van der Waals surface area contributed by atoms with E-state index in [1.165, 1.54) is 30.4 Å². The molecule has 0 aromatic heterocycles. The second-order valence-electron chi connectivity index (χ2n) is 7.02. The quantitative estimate of drug-likeness (QED) is 0.486. The van der Waals surface area contributed by atoms with Gasteiger partial charge in [-0.3, -0.25) is 0 Å². The summed E-state index contributed by atoms with van der Waals surface area (Å²) in [5, 5.41) is 0. The molecule has 1 fully saturated rings. The molecular weight excluding hydrogens is 240 g/mol. The summed E-state index contributed by atoms with van der Waals surface area (Å²) in [6.07, 6.45) is 10.6. The summed E-state index contributed by atoms with van der Waals surface area (Å²) in [6.45, 7) is 21.2. The molecule has 20 heavy (non-hydrogen) atoms. The van der Waals surface area contributed by atoms with Gasteiger partial charge in [-0.2, -0.15) is 0 Å². The Morgan fingerprint density at radius 3 is 2.40 bits per heavy atom. The van der Waals surface area contributed by atoms with Gasteiger partial charge in [-0.25, -0.2) is 0 Å². The molecular formula is C20H32. The molecule has 0 aromatic carbocycles. The molecule has 0 amide bonds. The zero-order chi connectivity index (χ0) is 15.3. The lowest BCUT2D eigenvalue weighted by molar-refractivity contribution is 0.169. The molecule has 3 atom stereocenters. The Bertz CT molecular complexity index is 410. The minimum atomic E-state index is 0.236. The summed E-state index contributed by atoms with van der Waals surface area (Å²) < 4.78 is 0. The molecule has 0 aliphatic heterocycles. The highest BCUT2D eigenvalue weighted by Gasteiger charge is 2.38. The zero-order valence-corrected chi connectivity index (χ0v) is 14.0. The number of hydrogen-bond donors (Lipinski definition) is 0. The molecule has 0 saturated heterocycles. The SMILES string of the molecule is C=C[C@@]1(C)CC[C@H](/C(C)=C\CCC(=C)C)C[C@@H]1C(=C)C. The normalized spacial score (nSPS) is 30.9. The van der Waals surface area contributed by atoms with Crippen molar-refractivity contribution in [1.82, 2.24) is 0 Å². The fourth-order valence-corrected chi connectivity index (χ4v) is 3.47. The molecule has 0 heteroatoms. The van der Waals surface area contributed by atoms with Gasteiger partial charge in [0.05, 0.1) is 0 Å². The lowest BCUT2D eigenvalue weighted by Crippen LogP contribution is -2.33. The van der Waals surface area contributed by atoms with Crippen LogP contribution in [0.4, 0.5) is 0 Å². The van der Waals surface area contributed by atoms with Crippen LogP contribution in [-0.2, 0) is 0 Å². The van der Waals surface area contributed by atoms with Gasteiger partial charge in [0, 0.05) is 0 Å². The van der Waals surface area contributed by atoms with E-state index in [1.54, 1.807) is 5.57 Å². The first-order valence-electron chi connectivity index (χ1n) is 7.90. The summed E-state index contributed by atoms with van der Waals surface area (Å²) in [5.74, 6) is 1.29. The van der Waals surface area contributed by atoms with Crippen LogP contribution in [0.15, 0.2) is 48.6 Å². The van der Waals surface area contributed by atoms with E-state index in [4.69, 9.17) is 0 Å². The molecule has 112 valence electrons. The summed E-state index contributed by atoms with van der Waals surface area (Å²) in [7, 11) is 0. The maximum Gasteiger partial charge on any atom is -0.00836 e. The van der Waals surface area contributed by atoms with Crippen molar-refractivity contribution >= 4 is 0 Å². The smallest absolute Gasteiger partial charge is 0.00836 e. The summed E-state index contributed by atoms with van der Waals surface area (Å²) in [5.41, 5.74) is 4.38. The molecule has 0 spiro atoms. The predicted octanol–water partition coefficient (Wildman–Crippen LogP) is 6.47. The van der Waals surface area contributed by atoms with Gasteiger partial charge in [0.2, 0.25) is 0 Å². The van der Waals surface area contributed by atoms with Crippen LogP contribution in [0.1, 0.15) is 59.8 Å². The van der Waals surface area contributed by atoms with Gasteiger partial charge in [0.15, 0.2) is 0 Å². The van der Waals surface area contributed by atoms with E-state index in [0.29, 0.717) is 5.92 Å². The highest BCUT2D eigenvalue weighted by atomic mass is 14.4. The summed E-state index contributed by atoms with van der Waals surface area (Å²) in [4.78, 5) is 0. The van der Waals surface area contributed by atoms with E-state index in [1.807, 2.05) is 0 Å². The van der Waals surface area contributed by atoms with Crippen LogP contribution in [0, 0.1) is 17.3 Å². The Morgan fingerprint density at radius 1 is 1.25 bits per heavy atom. The van der Waals surface area contributed by atoms with Crippen LogP contribution in [0.2, 0.25) is 0 Å². The van der Waals surface area contributed by atoms with Gasteiger partial charge >= 0.3 is 0 Å². The molecule has 1 aliphatic carbocycles. The zero-order valence-electron chi connectivity index (χ0n) is 14.0. The molecule has 1 saturated carbocycles. The van der Waals surface area contributed by atoms with Crippen LogP contribution in [-0.4, -0.2) is 0 Å². The van der Waals surface area contributed by atoms with Crippen LogP contribution in [0.3, 0.4) is 0 Å². The van der Waals surface area contributed by atoms with Crippen molar-refractivity contribution in [2.45, 2.75) is 59.8 Å². The van der Waals surface area contributed by atoms with Crippen molar-refractivity contribution < 1.29 is 0 Å². The van der Waals surface area contributed by atoms with E-state index in [9.17, 15) is 0 Å². The van der Waals surface area contributed by atoms with Gasteiger partial charge in [-0.05, 0) is 70.1 Å². The first-order chi connectivity index (χ1) is 9.30. The van der Waals surface area contributed by atoms with E-state index in [0.717, 1.165) is 18.8 Å². The van der Waals surface area contributed by atoms with E-state index in [-0.39, 0.29) is 5.41 Å². The third kappa shape index (κ3) is 4.23. The standard InChI is InChI=1S/C20H32/c1-8-20(7)13-12-18(14-19(20)16(4)5)17(6)11-9-10-15(2)3/h8,11,18-19H,1-2,4,9-10,12-14H2,3,5-7H3/b17-11-/t18-,19+,20-/m0/s1. The molecule has 0 bridgehead atoms. The fourth-order valence-electron chi connectivity index (χ4n) is 3.47. The van der Waals surface area contributed by atoms with Gasteiger partial charge < -0.3 is 0 Å². The third-order valence-corrected chi connectivity index (χ3v) is 5.09. The van der Waals surface area contributed by atoms with Crippen molar-refractivity contribution in [1.29, 1.82) is 0 Å². The maximum absolute atomic E-state index is 4.22. The monoisotopic (exact) mass is 272 g/mol. The first kappa shape index (κ1) is 17.0. The molecule has 1 aliphatic rings. The molecule has 0 N–H and O–H groups in total. The van der Waals surface area contributed by atoms with Crippen molar-refractivity contribution in [2.24, 2.45) is 17.3 Å². The minimum Gasteiger partial charge on any atom is -0.103 e. The molecule has 1 rings (SSSR count). The maximum atomic E-state index is 4.22. The van der Waals surface area contributed by atoms with Crippen molar-refractivity contribution in [3.8, 4) is 0 Å². The van der Waals surface area contributed by atoms with E-state index >= 15 is 0 Å². The van der Waals surface area contributed by atoms with Crippen LogP contribution in [0.25, 0.3) is 0 Å². The summed E-state index contributed by atoms with van der Waals surface area (Å²) >= 11 is 0. The average Bonchev–Trinajstić information content (AvgIpc) is 2.38. The van der Waals surface area contributed by atoms with Crippen molar-refractivity contribution in [3.05, 3.63) is 48.6 Å². The Labute approximate surface area is 126 Å². The van der Waals surface area contributed by atoms with Crippen molar-refractivity contribution in [3.63, 3.8) is 0 Å². The average molecular weight is 272 g/mol. The van der Waals surface area contributed by atoms with Gasteiger partial charge in [0.1, 0.15) is 0 Å². The second kappa shape index (κ2) is 7.11. The van der Waals surface area contributed by atoms with E-state index in [2.05, 4.69) is 59.6 Å². The van der Waals surface area contributed by atoms with Gasteiger partial charge in [-0.15, -0.1) is 13.2 Å². The van der Waals surface area contributed by atoms with E-state index < -0.39 is 0 Å². The lowest BCUT2D eigenvalue weighted by Gasteiger charge is -2.43. The van der Waals surface area contributed by atoms with Crippen LogP contribution in [0.5, 0.6) is 0 Å². The molecule has 0 unspecified atom stereocenters. The Hall–Kier alpha value is -1.04. The van der Waals surface area contributed by atoms with Crippen LogP contribution >= 0.6 is 0 Å². The molecule has 0 nitrogen and oxygen atoms in total.